The minimum Gasteiger partial charge on any atom is -0.379 e. The topological polar surface area (TPSA) is 70.7 Å². The van der Waals surface area contributed by atoms with Crippen molar-refractivity contribution < 1.29 is 14.3 Å². The number of carbonyl (C=O) groups is 2. The van der Waals surface area contributed by atoms with Gasteiger partial charge in [-0.3, -0.25) is 14.5 Å². The van der Waals surface area contributed by atoms with Crippen molar-refractivity contribution in [1.82, 2.24) is 15.5 Å². The van der Waals surface area contributed by atoms with E-state index in [1.165, 1.54) is 5.56 Å². The Bertz CT molecular complexity index is 674. The van der Waals surface area contributed by atoms with E-state index in [0.717, 1.165) is 45.7 Å². The molecule has 6 nitrogen and oxygen atoms in total. The molecule has 1 aromatic carbocycles. The largest absolute Gasteiger partial charge is 0.379 e. The quantitative estimate of drug-likeness (QED) is 0.606. The average Bonchev–Trinajstić information content (AvgIpc) is 2.71. The molecule has 30 heavy (non-hydrogen) atoms. The number of hydrogen-bond acceptors (Lipinski definition) is 4. The molecule has 0 spiro atoms. The Morgan fingerprint density at radius 3 is 2.27 bits per heavy atom. The molecule has 2 N–H and O–H groups in total. The van der Waals surface area contributed by atoms with E-state index in [0.29, 0.717) is 12.1 Å². The van der Waals surface area contributed by atoms with Gasteiger partial charge in [-0.25, -0.2) is 0 Å². The summed E-state index contributed by atoms with van der Waals surface area (Å²) in [6.45, 7) is 15.6. The predicted octanol–water partition coefficient (Wildman–Crippen LogP) is 2.97. The Labute approximate surface area is 181 Å². The number of unbranched alkanes of at least 4 members (excludes halogenated alkanes) is 1. The second kappa shape index (κ2) is 11.5. The lowest BCUT2D eigenvalue weighted by Crippen LogP contribution is -2.50. The van der Waals surface area contributed by atoms with Gasteiger partial charge in [0, 0.05) is 25.2 Å². The molecule has 0 saturated carbocycles. The molecule has 0 radical (unpaired) electrons. The molecule has 1 aliphatic rings. The van der Waals surface area contributed by atoms with Gasteiger partial charge in [-0.1, -0.05) is 46.8 Å². The monoisotopic (exact) mass is 417 g/mol. The second-order valence-electron chi connectivity index (χ2n) is 9.47. The molecule has 1 atom stereocenters. The summed E-state index contributed by atoms with van der Waals surface area (Å²) in [5, 5.41) is 5.90. The van der Waals surface area contributed by atoms with Crippen molar-refractivity contribution in [3.8, 4) is 0 Å². The number of nitrogens with zero attached hydrogens (tertiary/aromatic N) is 1. The first-order valence-corrected chi connectivity index (χ1v) is 11.2. The van der Waals surface area contributed by atoms with Crippen LogP contribution in [0.15, 0.2) is 24.3 Å². The zero-order valence-electron chi connectivity index (χ0n) is 19.3. The van der Waals surface area contributed by atoms with Crippen LogP contribution in [-0.4, -0.2) is 62.1 Å². The third-order valence-electron chi connectivity index (χ3n) is 5.55. The van der Waals surface area contributed by atoms with Crippen LogP contribution < -0.4 is 10.6 Å². The molecule has 1 saturated heterocycles. The molecule has 0 aromatic heterocycles. The van der Waals surface area contributed by atoms with Gasteiger partial charge in [0.25, 0.3) is 5.91 Å². The van der Waals surface area contributed by atoms with Gasteiger partial charge in [0.15, 0.2) is 0 Å². The van der Waals surface area contributed by atoms with Gasteiger partial charge in [-0.2, -0.15) is 0 Å². The van der Waals surface area contributed by atoms with E-state index in [9.17, 15) is 9.59 Å². The maximum absolute atomic E-state index is 12.7. The Morgan fingerprint density at radius 1 is 1.07 bits per heavy atom. The highest BCUT2D eigenvalue weighted by molar-refractivity contribution is 5.97. The van der Waals surface area contributed by atoms with E-state index >= 15 is 0 Å². The summed E-state index contributed by atoms with van der Waals surface area (Å²) >= 11 is 0. The van der Waals surface area contributed by atoms with Gasteiger partial charge in [-0.05, 0) is 48.4 Å². The molecule has 1 aromatic rings. The third kappa shape index (κ3) is 7.73. The normalized spacial score (nSPS) is 16.3. The first-order chi connectivity index (χ1) is 14.2. The summed E-state index contributed by atoms with van der Waals surface area (Å²) in [5.41, 5.74) is 1.79. The molecule has 0 aliphatic carbocycles. The van der Waals surface area contributed by atoms with Gasteiger partial charge in [0.05, 0.1) is 13.2 Å². The Hall–Kier alpha value is -1.92. The van der Waals surface area contributed by atoms with Crippen LogP contribution in [0.3, 0.4) is 0 Å². The minimum absolute atomic E-state index is 0.0103. The van der Waals surface area contributed by atoms with E-state index in [2.05, 4.69) is 36.3 Å². The molecule has 6 heteroatoms. The Balaban J connectivity index is 1.79. The highest BCUT2D eigenvalue weighted by Gasteiger charge is 2.24. The van der Waals surface area contributed by atoms with E-state index in [1.54, 1.807) is 0 Å². The van der Waals surface area contributed by atoms with Gasteiger partial charge in [0.1, 0.15) is 6.04 Å². The van der Waals surface area contributed by atoms with Crippen LogP contribution in [-0.2, 0) is 14.9 Å². The van der Waals surface area contributed by atoms with Crippen molar-refractivity contribution >= 4 is 11.8 Å². The molecule has 1 unspecified atom stereocenters. The third-order valence-corrected chi connectivity index (χ3v) is 5.55. The smallest absolute Gasteiger partial charge is 0.251 e. The maximum Gasteiger partial charge on any atom is 0.251 e. The Kier molecular flexibility index (Phi) is 9.31. The molecular formula is C24H39N3O3. The molecule has 2 amide bonds. The fourth-order valence-electron chi connectivity index (χ4n) is 3.49. The van der Waals surface area contributed by atoms with Gasteiger partial charge < -0.3 is 15.4 Å². The number of carbonyl (C=O) groups excluding carboxylic acids is 2. The van der Waals surface area contributed by atoms with E-state index < -0.39 is 6.04 Å². The fourth-order valence-corrected chi connectivity index (χ4v) is 3.49. The lowest BCUT2D eigenvalue weighted by Gasteiger charge is -2.26. The standard InChI is InChI=1S/C24H39N3O3/c1-18(2)21(23(29)25-12-6-7-13-27-14-16-30-17-15-27)26-22(28)19-8-10-20(11-9-19)24(3,4)5/h8-11,18,21H,6-7,12-17H2,1-5H3,(H,25,29)(H,26,28). The summed E-state index contributed by atoms with van der Waals surface area (Å²) in [5.74, 6) is -0.316. The molecule has 1 fully saturated rings. The zero-order valence-corrected chi connectivity index (χ0v) is 19.3. The number of ether oxygens (including phenoxy) is 1. The van der Waals surface area contributed by atoms with Crippen molar-refractivity contribution in [2.24, 2.45) is 5.92 Å². The van der Waals surface area contributed by atoms with Gasteiger partial charge >= 0.3 is 0 Å². The fraction of sp³-hybridized carbons (Fsp3) is 0.667. The van der Waals surface area contributed by atoms with Crippen LogP contribution >= 0.6 is 0 Å². The maximum atomic E-state index is 12.7. The van der Waals surface area contributed by atoms with E-state index in [1.807, 2.05) is 38.1 Å². The molecule has 1 heterocycles. The van der Waals surface area contributed by atoms with Crippen LogP contribution in [0.25, 0.3) is 0 Å². The number of amides is 2. The van der Waals surface area contributed by atoms with Crippen LogP contribution in [0, 0.1) is 5.92 Å². The SMILES string of the molecule is CC(C)C(NC(=O)c1ccc(C(C)(C)C)cc1)C(=O)NCCCCN1CCOCC1. The van der Waals surface area contributed by atoms with Crippen LogP contribution in [0.4, 0.5) is 0 Å². The number of hydrogen-bond donors (Lipinski definition) is 2. The van der Waals surface area contributed by atoms with Crippen LogP contribution in [0.1, 0.15) is 63.4 Å². The average molecular weight is 418 g/mol. The Morgan fingerprint density at radius 2 is 1.70 bits per heavy atom. The van der Waals surface area contributed by atoms with E-state index in [4.69, 9.17) is 4.74 Å². The highest BCUT2D eigenvalue weighted by Crippen LogP contribution is 2.22. The number of morpholine rings is 1. The van der Waals surface area contributed by atoms with Crippen LogP contribution in [0.5, 0.6) is 0 Å². The zero-order chi connectivity index (χ0) is 22.1. The summed E-state index contributed by atoms with van der Waals surface area (Å²) in [6, 6.07) is 7.08. The number of rotatable bonds is 9. The first-order valence-electron chi connectivity index (χ1n) is 11.2. The first kappa shape index (κ1) is 24.4. The molecule has 2 rings (SSSR count). The molecule has 0 bridgehead atoms. The number of nitrogens with one attached hydrogen (secondary N) is 2. The van der Waals surface area contributed by atoms with E-state index in [-0.39, 0.29) is 23.1 Å². The van der Waals surface area contributed by atoms with Crippen molar-refractivity contribution in [3.05, 3.63) is 35.4 Å². The van der Waals surface area contributed by atoms with Crippen molar-refractivity contribution in [2.45, 2.75) is 58.9 Å². The molecule has 168 valence electrons. The minimum atomic E-state index is -0.543. The van der Waals surface area contributed by atoms with Crippen molar-refractivity contribution in [2.75, 3.05) is 39.4 Å². The summed E-state index contributed by atoms with van der Waals surface area (Å²) in [6.07, 6.45) is 1.97. The van der Waals surface area contributed by atoms with Crippen LogP contribution in [0.2, 0.25) is 0 Å². The van der Waals surface area contributed by atoms with Crippen molar-refractivity contribution in [1.29, 1.82) is 0 Å². The second-order valence-corrected chi connectivity index (χ2v) is 9.47. The number of benzene rings is 1. The molecule has 1 aliphatic heterocycles. The van der Waals surface area contributed by atoms with Gasteiger partial charge in [-0.15, -0.1) is 0 Å². The lowest BCUT2D eigenvalue weighted by molar-refractivity contribution is -0.123. The highest BCUT2D eigenvalue weighted by atomic mass is 16.5. The lowest BCUT2D eigenvalue weighted by atomic mass is 9.86. The summed E-state index contributed by atoms with van der Waals surface area (Å²) < 4.78 is 5.36. The van der Waals surface area contributed by atoms with Crippen molar-refractivity contribution in [3.63, 3.8) is 0 Å². The van der Waals surface area contributed by atoms with Gasteiger partial charge in [0.2, 0.25) is 5.91 Å². The molecular weight excluding hydrogens is 378 g/mol. The predicted molar refractivity (Wildman–Crippen MR) is 121 cm³/mol. The summed E-state index contributed by atoms with van der Waals surface area (Å²) in [4.78, 5) is 27.7. The summed E-state index contributed by atoms with van der Waals surface area (Å²) in [7, 11) is 0.